The Morgan fingerprint density at radius 1 is 1.03 bits per heavy atom. The molecule has 3 aromatic heterocycles. The first kappa shape index (κ1) is 22.2. The molecular formula is C26H23N6O3S+. The second-order valence-corrected chi connectivity index (χ2v) is 9.32. The monoisotopic (exact) mass is 499 g/mol. The van der Waals surface area contributed by atoms with E-state index in [4.69, 9.17) is 20.0 Å². The van der Waals surface area contributed by atoms with Crippen molar-refractivity contribution in [2.45, 2.75) is 0 Å². The Kier molecular flexibility index (Phi) is 5.80. The summed E-state index contributed by atoms with van der Waals surface area (Å²) in [6.07, 6.45) is 1.63. The van der Waals surface area contributed by atoms with Crippen LogP contribution in [0.3, 0.4) is 0 Å². The minimum Gasteiger partial charge on any atom is -0.397 e. The fourth-order valence-corrected chi connectivity index (χ4v) is 5.26. The van der Waals surface area contributed by atoms with Crippen molar-refractivity contribution in [1.29, 1.82) is 0 Å². The number of nitrogen functional groups attached to an aromatic ring is 1. The molecule has 6 rings (SSSR count). The van der Waals surface area contributed by atoms with E-state index in [2.05, 4.69) is 10.6 Å². The van der Waals surface area contributed by atoms with Crippen LogP contribution in [0, 0.1) is 0 Å². The highest BCUT2D eigenvalue weighted by atomic mass is 32.1. The number of anilines is 2. The van der Waals surface area contributed by atoms with Gasteiger partial charge in [-0.25, -0.2) is 4.98 Å². The number of rotatable bonds is 5. The molecule has 0 unspecified atom stereocenters. The summed E-state index contributed by atoms with van der Waals surface area (Å²) in [6.45, 7) is 2.60. The summed E-state index contributed by atoms with van der Waals surface area (Å²) in [5, 5.41) is 9.52. The molecule has 0 atom stereocenters. The van der Waals surface area contributed by atoms with Crippen LogP contribution in [-0.2, 0) is 4.74 Å². The smallest absolute Gasteiger partial charge is 0.306 e. The predicted molar refractivity (Wildman–Crippen MR) is 138 cm³/mol. The molecular weight excluding hydrogens is 476 g/mol. The van der Waals surface area contributed by atoms with Crippen molar-refractivity contribution in [1.82, 2.24) is 10.3 Å². The fraction of sp³-hybridized carbons (Fsp3) is 0.154. The van der Waals surface area contributed by atoms with Crippen molar-refractivity contribution in [2.24, 2.45) is 0 Å². The van der Waals surface area contributed by atoms with Gasteiger partial charge in [-0.05, 0) is 17.2 Å². The van der Waals surface area contributed by atoms with Gasteiger partial charge in [0.15, 0.2) is 0 Å². The number of carbonyl (C=O) groups excluding carboxylic acids is 1. The maximum atomic E-state index is 13.3. The zero-order valence-electron chi connectivity index (χ0n) is 19.3. The molecule has 10 heteroatoms. The van der Waals surface area contributed by atoms with Gasteiger partial charge in [-0.1, -0.05) is 60.7 Å². The highest BCUT2D eigenvalue weighted by Crippen LogP contribution is 2.41. The number of hydrogen-bond acceptors (Lipinski definition) is 8. The number of carbonyl (C=O) groups is 1. The Morgan fingerprint density at radius 3 is 2.44 bits per heavy atom. The van der Waals surface area contributed by atoms with Crippen LogP contribution in [0.25, 0.3) is 32.6 Å². The third-order valence-electron chi connectivity index (χ3n) is 6.03. The van der Waals surface area contributed by atoms with Gasteiger partial charge < -0.3 is 10.5 Å². The highest BCUT2D eigenvalue weighted by Gasteiger charge is 2.26. The van der Waals surface area contributed by atoms with Crippen molar-refractivity contribution in [2.75, 3.05) is 42.4 Å². The number of amides is 1. The first-order chi connectivity index (χ1) is 17.7. The molecule has 1 aliphatic heterocycles. The van der Waals surface area contributed by atoms with E-state index in [0.29, 0.717) is 41.7 Å². The van der Waals surface area contributed by atoms with Crippen molar-refractivity contribution < 1.29 is 18.8 Å². The van der Waals surface area contributed by atoms with Gasteiger partial charge >= 0.3 is 5.88 Å². The molecule has 180 valence electrons. The van der Waals surface area contributed by atoms with Crippen molar-refractivity contribution >= 4 is 39.0 Å². The van der Waals surface area contributed by atoms with Crippen molar-refractivity contribution in [3.8, 4) is 22.4 Å². The van der Waals surface area contributed by atoms with E-state index in [-0.39, 0.29) is 11.8 Å². The molecule has 9 nitrogen and oxygen atoms in total. The molecule has 4 heterocycles. The average molecular weight is 500 g/mol. The lowest BCUT2D eigenvalue weighted by Gasteiger charge is -2.18. The van der Waals surface area contributed by atoms with E-state index >= 15 is 0 Å². The quantitative estimate of drug-likeness (QED) is 0.355. The number of fused-ring (bicyclic) bond motifs is 1. The maximum Gasteiger partial charge on any atom is 0.306 e. The third-order valence-corrected chi connectivity index (χ3v) is 7.13. The molecule has 1 saturated heterocycles. The number of morpholine rings is 1. The largest absolute Gasteiger partial charge is 0.397 e. The van der Waals surface area contributed by atoms with E-state index < -0.39 is 0 Å². The summed E-state index contributed by atoms with van der Waals surface area (Å²) < 4.78 is 10.7. The molecule has 0 saturated carbocycles. The number of nitrogens with one attached hydrogen (secondary N) is 1. The molecule has 0 radical (unpaired) electrons. The zero-order valence-corrected chi connectivity index (χ0v) is 20.1. The summed E-state index contributed by atoms with van der Waals surface area (Å²) in [5.74, 6) is -0.148. The van der Waals surface area contributed by atoms with E-state index in [9.17, 15) is 4.79 Å². The van der Waals surface area contributed by atoms with E-state index in [0.717, 1.165) is 27.8 Å². The molecule has 2 aromatic carbocycles. The Hall–Kier alpha value is -4.28. The molecule has 5 aromatic rings. The maximum absolute atomic E-state index is 13.3. The summed E-state index contributed by atoms with van der Waals surface area (Å²) in [4.78, 5) is 20.8. The number of pyridine rings is 1. The van der Waals surface area contributed by atoms with Crippen LogP contribution < -0.4 is 20.9 Å². The standard InChI is InChI=1S/C26H22N6O3S/c27-23-22-19(17-7-3-1-4-8-17)15-20(18-9-5-2-6-10-18)28-26(22)36-24(23)25(33)29-21-16-32(30-35-21)31-11-13-34-14-12-31/h1-10,15-16H,11-14H2,(H2-,27,29,30,33)/p+1. The topological polar surface area (TPSA) is 110 Å². The Balaban J connectivity index is 1.38. The normalized spacial score (nSPS) is 13.7. The van der Waals surface area contributed by atoms with Gasteiger partial charge in [-0.15, -0.1) is 16.3 Å². The molecule has 3 N–H and O–H groups in total. The Morgan fingerprint density at radius 2 is 1.72 bits per heavy atom. The summed E-state index contributed by atoms with van der Waals surface area (Å²) >= 11 is 1.26. The second kappa shape index (κ2) is 9.40. The highest BCUT2D eigenvalue weighted by molar-refractivity contribution is 7.21. The van der Waals surface area contributed by atoms with E-state index in [1.165, 1.54) is 11.3 Å². The van der Waals surface area contributed by atoms with Crippen LogP contribution in [-0.4, -0.2) is 42.5 Å². The van der Waals surface area contributed by atoms with Gasteiger partial charge in [0.2, 0.25) is 5.27 Å². The lowest BCUT2D eigenvalue weighted by atomic mass is 9.99. The van der Waals surface area contributed by atoms with Gasteiger partial charge in [0.1, 0.15) is 9.71 Å². The lowest BCUT2D eigenvalue weighted by Crippen LogP contribution is -2.62. The van der Waals surface area contributed by atoms with E-state index in [1.807, 2.05) is 71.7 Å². The van der Waals surface area contributed by atoms with Crippen LogP contribution in [0.4, 0.5) is 11.6 Å². The number of aromatic nitrogens is 3. The van der Waals surface area contributed by atoms with E-state index in [1.54, 1.807) is 11.0 Å². The Labute approximate surface area is 210 Å². The van der Waals surface area contributed by atoms with Crippen LogP contribution >= 0.6 is 11.3 Å². The molecule has 1 aliphatic rings. The van der Waals surface area contributed by atoms with Crippen LogP contribution in [0.2, 0.25) is 0 Å². The molecule has 1 amide bonds. The van der Waals surface area contributed by atoms with Crippen molar-refractivity contribution in [3.63, 3.8) is 0 Å². The lowest BCUT2D eigenvalue weighted by molar-refractivity contribution is -0.759. The number of ether oxygens (including phenoxy) is 1. The molecule has 0 bridgehead atoms. The average Bonchev–Trinajstić information content (AvgIpc) is 3.54. The molecule has 1 fully saturated rings. The number of nitrogens with zero attached hydrogens (tertiary/aromatic N) is 4. The minimum atomic E-state index is -0.374. The van der Waals surface area contributed by atoms with Crippen molar-refractivity contribution in [3.05, 3.63) is 77.8 Å². The SMILES string of the molecule is Nc1c(C(=O)Nc2c[n+](N3CCOCC3)no2)sc2nc(-c3ccccc3)cc(-c3ccccc3)c12. The van der Waals surface area contributed by atoms with Gasteiger partial charge in [-0.3, -0.25) is 14.6 Å². The summed E-state index contributed by atoms with van der Waals surface area (Å²) in [7, 11) is 0. The van der Waals surface area contributed by atoms with Crippen LogP contribution in [0.15, 0.2) is 77.4 Å². The molecule has 0 spiro atoms. The minimum absolute atomic E-state index is 0.226. The van der Waals surface area contributed by atoms with Gasteiger partial charge in [0.05, 0.1) is 42.5 Å². The number of nitrogens with two attached hydrogens (primary N) is 1. The summed E-state index contributed by atoms with van der Waals surface area (Å²) in [5.41, 5.74) is 10.7. The van der Waals surface area contributed by atoms with Crippen LogP contribution in [0.5, 0.6) is 0 Å². The number of benzene rings is 2. The van der Waals surface area contributed by atoms with Gasteiger partial charge in [-0.2, -0.15) is 0 Å². The summed E-state index contributed by atoms with van der Waals surface area (Å²) in [6, 6.07) is 22.0. The number of hydrogen-bond donors (Lipinski definition) is 2. The number of thiophene rings is 1. The molecule has 0 aliphatic carbocycles. The van der Waals surface area contributed by atoms with Gasteiger partial charge in [0.25, 0.3) is 12.1 Å². The first-order valence-corrected chi connectivity index (χ1v) is 12.4. The first-order valence-electron chi connectivity index (χ1n) is 11.5. The Bertz CT molecular complexity index is 1530. The second-order valence-electron chi connectivity index (χ2n) is 8.32. The predicted octanol–water partition coefficient (Wildman–Crippen LogP) is 3.71. The third kappa shape index (κ3) is 4.16. The van der Waals surface area contributed by atoms with Gasteiger partial charge in [0, 0.05) is 10.9 Å². The zero-order chi connectivity index (χ0) is 24.5. The van der Waals surface area contributed by atoms with Crippen LogP contribution in [0.1, 0.15) is 9.67 Å². The fourth-order valence-electron chi connectivity index (χ4n) is 4.25. The molecule has 36 heavy (non-hydrogen) atoms.